The Bertz CT molecular complexity index is 354. The van der Waals surface area contributed by atoms with E-state index in [2.05, 4.69) is 22.5 Å². The van der Waals surface area contributed by atoms with Gasteiger partial charge in [-0.1, -0.05) is 0 Å². The number of aliphatic imine (C=N–C) groups is 1. The molecule has 0 radical (unpaired) electrons. The lowest BCUT2D eigenvalue weighted by atomic mass is 9.95. The molecule has 2 fully saturated rings. The number of guanidine groups is 1. The van der Waals surface area contributed by atoms with Gasteiger partial charge in [-0.25, -0.2) is 0 Å². The van der Waals surface area contributed by atoms with Gasteiger partial charge in [-0.15, -0.1) is 24.0 Å². The van der Waals surface area contributed by atoms with Gasteiger partial charge in [-0.3, -0.25) is 4.99 Å². The lowest BCUT2D eigenvalue weighted by Crippen LogP contribution is -2.47. The third-order valence-corrected chi connectivity index (χ3v) is 4.23. The standard InChI is InChI=1S/C15H29N3O3.HI/c1-3-16-13(17-11-14(2)5-4-8-21-14)18-12-15(19)6-9-20-10-7-15;/h19H,3-12H2,1-2H3,(H2,16,17,18);1H. The molecule has 2 saturated heterocycles. The molecule has 2 rings (SSSR count). The maximum atomic E-state index is 10.5. The number of aliphatic hydroxyl groups is 1. The van der Waals surface area contributed by atoms with Gasteiger partial charge in [0, 0.05) is 45.8 Å². The van der Waals surface area contributed by atoms with Crippen molar-refractivity contribution in [3.8, 4) is 0 Å². The highest BCUT2D eigenvalue weighted by atomic mass is 127. The zero-order valence-corrected chi connectivity index (χ0v) is 16.0. The summed E-state index contributed by atoms with van der Waals surface area (Å²) in [6.07, 6.45) is 3.49. The monoisotopic (exact) mass is 427 g/mol. The molecular formula is C15H30IN3O3. The molecule has 1 unspecified atom stereocenters. The number of hydrogen-bond acceptors (Lipinski definition) is 4. The van der Waals surface area contributed by atoms with Crippen LogP contribution in [0.2, 0.25) is 0 Å². The van der Waals surface area contributed by atoms with Crippen molar-refractivity contribution in [2.45, 2.75) is 50.7 Å². The predicted molar refractivity (Wildman–Crippen MR) is 98.0 cm³/mol. The summed E-state index contributed by atoms with van der Waals surface area (Å²) in [5, 5.41) is 17.0. The molecule has 0 aromatic rings. The molecule has 2 heterocycles. The first-order valence-corrected chi connectivity index (χ1v) is 8.02. The van der Waals surface area contributed by atoms with Gasteiger partial charge >= 0.3 is 0 Å². The summed E-state index contributed by atoms with van der Waals surface area (Å²) in [6.45, 7) is 8.17. The lowest BCUT2D eigenvalue weighted by molar-refractivity contribution is -0.0566. The predicted octanol–water partition coefficient (Wildman–Crippen LogP) is 1.27. The van der Waals surface area contributed by atoms with Crippen molar-refractivity contribution < 1.29 is 14.6 Å². The maximum Gasteiger partial charge on any atom is 0.191 e. The Labute approximate surface area is 150 Å². The number of nitrogens with one attached hydrogen (secondary N) is 2. The zero-order valence-electron chi connectivity index (χ0n) is 13.7. The fourth-order valence-electron chi connectivity index (χ4n) is 2.72. The largest absolute Gasteiger partial charge is 0.388 e. The van der Waals surface area contributed by atoms with Crippen LogP contribution in [0.3, 0.4) is 0 Å². The highest BCUT2D eigenvalue weighted by molar-refractivity contribution is 14.0. The SMILES string of the molecule is CCNC(=NCC1(O)CCOCC1)NCC1(C)CCCO1.I. The van der Waals surface area contributed by atoms with Crippen molar-refractivity contribution in [1.82, 2.24) is 10.6 Å². The van der Waals surface area contributed by atoms with Gasteiger partial charge in [-0.05, 0) is 26.7 Å². The Balaban J connectivity index is 0.00000242. The van der Waals surface area contributed by atoms with Gasteiger partial charge in [0.05, 0.1) is 17.7 Å². The van der Waals surface area contributed by atoms with Crippen LogP contribution in [0, 0.1) is 0 Å². The van der Waals surface area contributed by atoms with E-state index in [9.17, 15) is 5.11 Å². The molecule has 0 amide bonds. The number of ether oxygens (including phenoxy) is 2. The van der Waals surface area contributed by atoms with Gasteiger partial charge in [0.15, 0.2) is 5.96 Å². The third kappa shape index (κ3) is 6.17. The van der Waals surface area contributed by atoms with E-state index < -0.39 is 5.60 Å². The van der Waals surface area contributed by atoms with Crippen molar-refractivity contribution in [2.24, 2.45) is 4.99 Å². The maximum absolute atomic E-state index is 10.5. The van der Waals surface area contributed by atoms with Crippen LogP contribution in [0.1, 0.15) is 39.5 Å². The molecule has 0 aromatic carbocycles. The molecule has 0 aliphatic carbocycles. The Morgan fingerprint density at radius 1 is 1.18 bits per heavy atom. The van der Waals surface area contributed by atoms with Crippen LogP contribution in [0.25, 0.3) is 0 Å². The van der Waals surface area contributed by atoms with Crippen molar-refractivity contribution in [3.05, 3.63) is 0 Å². The molecule has 2 aliphatic heterocycles. The average Bonchev–Trinajstić information content (AvgIpc) is 2.90. The fraction of sp³-hybridized carbons (Fsp3) is 0.933. The highest BCUT2D eigenvalue weighted by Gasteiger charge is 2.31. The van der Waals surface area contributed by atoms with Gasteiger partial charge in [0.2, 0.25) is 0 Å². The lowest BCUT2D eigenvalue weighted by Gasteiger charge is -2.31. The Hall–Kier alpha value is -0.120. The van der Waals surface area contributed by atoms with Gasteiger partial charge in [-0.2, -0.15) is 0 Å². The van der Waals surface area contributed by atoms with E-state index in [1.54, 1.807) is 0 Å². The summed E-state index contributed by atoms with van der Waals surface area (Å²) in [5.74, 6) is 0.745. The van der Waals surface area contributed by atoms with E-state index in [0.29, 0.717) is 32.6 Å². The second-order valence-corrected chi connectivity index (χ2v) is 6.29. The van der Waals surface area contributed by atoms with E-state index in [1.165, 1.54) is 0 Å². The number of hydrogen-bond donors (Lipinski definition) is 3. The van der Waals surface area contributed by atoms with Crippen LogP contribution in [-0.2, 0) is 9.47 Å². The average molecular weight is 427 g/mol. The van der Waals surface area contributed by atoms with E-state index in [1.807, 2.05) is 6.92 Å². The normalized spacial score (nSPS) is 28.0. The number of rotatable bonds is 5. The van der Waals surface area contributed by atoms with Crippen LogP contribution in [0.15, 0.2) is 4.99 Å². The van der Waals surface area contributed by atoms with E-state index in [4.69, 9.17) is 9.47 Å². The molecule has 0 saturated carbocycles. The zero-order chi connectivity index (χ0) is 15.2. The minimum Gasteiger partial charge on any atom is -0.388 e. The molecule has 7 heteroatoms. The topological polar surface area (TPSA) is 75.1 Å². The van der Waals surface area contributed by atoms with E-state index in [0.717, 1.165) is 38.5 Å². The third-order valence-electron chi connectivity index (χ3n) is 4.23. The minimum absolute atomic E-state index is 0. The first kappa shape index (κ1) is 19.9. The van der Waals surface area contributed by atoms with Crippen LogP contribution < -0.4 is 10.6 Å². The minimum atomic E-state index is -0.728. The van der Waals surface area contributed by atoms with E-state index in [-0.39, 0.29) is 29.6 Å². The van der Waals surface area contributed by atoms with Crippen LogP contribution >= 0.6 is 24.0 Å². The summed E-state index contributed by atoms with van der Waals surface area (Å²) < 4.78 is 11.1. The molecule has 130 valence electrons. The number of nitrogens with zero attached hydrogens (tertiary/aromatic N) is 1. The second kappa shape index (κ2) is 9.24. The summed E-state index contributed by atoms with van der Waals surface area (Å²) in [5.41, 5.74) is -0.833. The van der Waals surface area contributed by atoms with Crippen molar-refractivity contribution in [1.29, 1.82) is 0 Å². The van der Waals surface area contributed by atoms with Gasteiger partial charge in [0.25, 0.3) is 0 Å². The molecule has 2 aliphatic rings. The first-order chi connectivity index (χ1) is 10.1. The molecule has 22 heavy (non-hydrogen) atoms. The first-order valence-electron chi connectivity index (χ1n) is 8.02. The van der Waals surface area contributed by atoms with Gasteiger partial charge < -0.3 is 25.2 Å². The molecule has 6 nitrogen and oxygen atoms in total. The second-order valence-electron chi connectivity index (χ2n) is 6.29. The van der Waals surface area contributed by atoms with Crippen LogP contribution in [0.4, 0.5) is 0 Å². The van der Waals surface area contributed by atoms with Crippen molar-refractivity contribution in [2.75, 3.05) is 39.5 Å². The molecule has 0 aromatic heterocycles. The summed E-state index contributed by atoms with van der Waals surface area (Å²) in [4.78, 5) is 4.53. The number of halogens is 1. The molecule has 0 spiro atoms. The smallest absolute Gasteiger partial charge is 0.191 e. The Kier molecular flexibility index (Phi) is 8.37. The fourth-order valence-corrected chi connectivity index (χ4v) is 2.72. The Morgan fingerprint density at radius 2 is 1.91 bits per heavy atom. The van der Waals surface area contributed by atoms with Crippen molar-refractivity contribution in [3.63, 3.8) is 0 Å². The van der Waals surface area contributed by atoms with Crippen LogP contribution in [-0.4, -0.2) is 61.7 Å². The van der Waals surface area contributed by atoms with Gasteiger partial charge in [0.1, 0.15) is 0 Å². The molecular weight excluding hydrogens is 397 g/mol. The van der Waals surface area contributed by atoms with Crippen molar-refractivity contribution >= 4 is 29.9 Å². The summed E-state index contributed by atoms with van der Waals surface area (Å²) in [7, 11) is 0. The molecule has 0 bridgehead atoms. The van der Waals surface area contributed by atoms with Crippen LogP contribution in [0.5, 0.6) is 0 Å². The summed E-state index contributed by atoms with van der Waals surface area (Å²) >= 11 is 0. The highest BCUT2D eigenvalue weighted by Crippen LogP contribution is 2.24. The van der Waals surface area contributed by atoms with E-state index >= 15 is 0 Å². The summed E-state index contributed by atoms with van der Waals surface area (Å²) in [6, 6.07) is 0. The quantitative estimate of drug-likeness (QED) is 0.350. The molecule has 1 atom stereocenters. The molecule has 3 N–H and O–H groups in total. The Morgan fingerprint density at radius 3 is 2.50 bits per heavy atom.